The van der Waals surface area contributed by atoms with Gasteiger partial charge in [0.05, 0.1) is 12.8 Å². The lowest BCUT2D eigenvalue weighted by Gasteiger charge is -2.34. The second kappa shape index (κ2) is 8.54. The second-order valence-electron chi connectivity index (χ2n) is 6.76. The van der Waals surface area contributed by atoms with Crippen LogP contribution in [0.2, 0.25) is 0 Å². The molecule has 144 valence electrons. The van der Waals surface area contributed by atoms with Crippen LogP contribution in [0.25, 0.3) is 10.4 Å². The summed E-state index contributed by atoms with van der Waals surface area (Å²) in [6, 6.07) is 18.0. The molecule has 0 aliphatic carbocycles. The number of nitrogens with zero attached hydrogens (tertiary/aromatic N) is 3. The fourth-order valence-corrected chi connectivity index (χ4v) is 4.49. The Labute approximate surface area is 169 Å². The zero-order valence-corrected chi connectivity index (χ0v) is 16.7. The van der Waals surface area contributed by atoms with Gasteiger partial charge in [-0.3, -0.25) is 14.7 Å². The minimum atomic E-state index is 0.0570. The van der Waals surface area contributed by atoms with Gasteiger partial charge in [0, 0.05) is 43.8 Å². The first-order chi connectivity index (χ1) is 13.7. The predicted octanol–water partition coefficient (Wildman–Crippen LogP) is 3.78. The number of methoxy groups -OCH3 is 1. The number of carbonyl (C=O) groups is 1. The average molecular weight is 394 g/mol. The highest BCUT2D eigenvalue weighted by atomic mass is 32.1. The largest absolute Gasteiger partial charge is 0.495 e. The van der Waals surface area contributed by atoms with E-state index in [0.717, 1.165) is 35.8 Å². The summed E-state index contributed by atoms with van der Waals surface area (Å²) in [5.41, 5.74) is 2.17. The predicted molar refractivity (Wildman–Crippen MR) is 112 cm³/mol. The van der Waals surface area contributed by atoms with Gasteiger partial charge in [-0.15, -0.1) is 11.3 Å². The van der Waals surface area contributed by atoms with Crippen molar-refractivity contribution in [3.8, 4) is 16.2 Å². The average Bonchev–Trinajstić information content (AvgIpc) is 3.20. The molecule has 0 saturated carbocycles. The molecule has 0 spiro atoms. The highest BCUT2D eigenvalue weighted by molar-refractivity contribution is 7.17. The third-order valence-corrected chi connectivity index (χ3v) is 6.10. The van der Waals surface area contributed by atoms with Gasteiger partial charge in [0.2, 0.25) is 0 Å². The van der Waals surface area contributed by atoms with Crippen molar-refractivity contribution >= 4 is 17.2 Å². The van der Waals surface area contributed by atoms with E-state index >= 15 is 0 Å². The maximum absolute atomic E-state index is 13.1. The van der Waals surface area contributed by atoms with Crippen LogP contribution in [0.15, 0.2) is 60.8 Å². The van der Waals surface area contributed by atoms with Crippen LogP contribution in [-0.4, -0.2) is 54.0 Å². The highest BCUT2D eigenvalue weighted by Gasteiger charge is 2.26. The van der Waals surface area contributed by atoms with Crippen molar-refractivity contribution < 1.29 is 9.53 Å². The fraction of sp³-hybridized carbons (Fsp3) is 0.273. The summed E-state index contributed by atoms with van der Waals surface area (Å²) in [5.74, 6) is 0.714. The number of aromatic nitrogens is 1. The molecule has 0 unspecified atom stereocenters. The lowest BCUT2D eigenvalue weighted by molar-refractivity contribution is 0.0629. The summed E-state index contributed by atoms with van der Waals surface area (Å²) in [6.07, 6.45) is 1.82. The van der Waals surface area contributed by atoms with Gasteiger partial charge < -0.3 is 9.64 Å². The lowest BCUT2D eigenvalue weighted by Crippen LogP contribution is -2.48. The number of thiophene rings is 1. The maximum Gasteiger partial charge on any atom is 0.267 e. The molecule has 2 aromatic heterocycles. The van der Waals surface area contributed by atoms with E-state index < -0.39 is 0 Å². The van der Waals surface area contributed by atoms with Gasteiger partial charge in [-0.2, -0.15) is 0 Å². The summed E-state index contributed by atoms with van der Waals surface area (Å²) >= 11 is 1.50. The molecule has 1 saturated heterocycles. The summed E-state index contributed by atoms with van der Waals surface area (Å²) in [6.45, 7) is 3.95. The summed E-state index contributed by atoms with van der Waals surface area (Å²) in [7, 11) is 1.62. The van der Waals surface area contributed by atoms with E-state index in [1.54, 1.807) is 7.11 Å². The molecule has 1 amide bonds. The summed E-state index contributed by atoms with van der Waals surface area (Å²) < 4.78 is 5.50. The lowest BCUT2D eigenvalue weighted by atomic mass is 10.2. The molecule has 0 bridgehead atoms. The van der Waals surface area contributed by atoms with Gasteiger partial charge in [0.25, 0.3) is 5.91 Å². The van der Waals surface area contributed by atoms with E-state index in [1.165, 1.54) is 11.3 Å². The van der Waals surface area contributed by atoms with Crippen molar-refractivity contribution in [2.75, 3.05) is 33.3 Å². The molecule has 28 heavy (non-hydrogen) atoms. The van der Waals surface area contributed by atoms with Crippen molar-refractivity contribution in [3.63, 3.8) is 0 Å². The molecule has 1 fully saturated rings. The third-order valence-electron chi connectivity index (χ3n) is 4.94. The van der Waals surface area contributed by atoms with Crippen molar-refractivity contribution in [1.29, 1.82) is 0 Å². The van der Waals surface area contributed by atoms with Crippen LogP contribution in [0.1, 0.15) is 15.4 Å². The molecule has 0 N–H and O–H groups in total. The minimum Gasteiger partial charge on any atom is -0.495 e. The first kappa shape index (κ1) is 18.7. The Balaban J connectivity index is 1.43. The van der Waals surface area contributed by atoms with Gasteiger partial charge in [-0.1, -0.05) is 36.4 Å². The highest BCUT2D eigenvalue weighted by Crippen LogP contribution is 2.37. The molecule has 0 radical (unpaired) electrons. The molecule has 3 heterocycles. The number of amides is 1. The monoisotopic (exact) mass is 393 g/mol. The number of benzene rings is 1. The van der Waals surface area contributed by atoms with Crippen LogP contribution in [0.5, 0.6) is 5.75 Å². The number of rotatable bonds is 5. The third kappa shape index (κ3) is 4.08. The molecule has 1 aromatic carbocycles. The number of carbonyl (C=O) groups excluding carboxylic acids is 1. The number of piperazine rings is 1. The Morgan fingerprint density at radius 1 is 1.07 bits per heavy atom. The number of ether oxygens (including phenoxy) is 1. The number of hydrogen-bond donors (Lipinski definition) is 0. The Kier molecular flexibility index (Phi) is 5.69. The summed E-state index contributed by atoms with van der Waals surface area (Å²) in [4.78, 5) is 23.5. The Hall–Kier alpha value is -2.70. The molecular formula is C22H23N3O2S. The Morgan fingerprint density at radius 3 is 2.50 bits per heavy atom. The quantitative estimate of drug-likeness (QED) is 0.662. The molecular weight excluding hydrogens is 370 g/mol. The Morgan fingerprint density at radius 2 is 1.82 bits per heavy atom. The fourth-order valence-electron chi connectivity index (χ4n) is 3.39. The SMILES string of the molecule is COc1cc(-c2ccccc2)sc1C(=O)N1CCN(Cc2ccccn2)CC1. The van der Waals surface area contributed by atoms with Crippen molar-refractivity contribution in [2.45, 2.75) is 6.54 Å². The van der Waals surface area contributed by atoms with Crippen molar-refractivity contribution in [3.05, 3.63) is 71.4 Å². The first-order valence-electron chi connectivity index (χ1n) is 9.39. The van der Waals surface area contributed by atoms with Gasteiger partial charge in [0.15, 0.2) is 0 Å². The number of pyridine rings is 1. The van der Waals surface area contributed by atoms with E-state index in [2.05, 4.69) is 22.0 Å². The standard InChI is InChI=1S/C22H23N3O2S/c1-27-19-15-20(17-7-3-2-4-8-17)28-21(19)22(26)25-13-11-24(12-14-25)16-18-9-5-6-10-23-18/h2-10,15H,11-14,16H2,1H3. The summed E-state index contributed by atoms with van der Waals surface area (Å²) in [5, 5.41) is 0. The molecule has 1 aliphatic heterocycles. The van der Waals surface area contributed by atoms with Gasteiger partial charge in [-0.25, -0.2) is 0 Å². The van der Waals surface area contributed by atoms with E-state index in [4.69, 9.17) is 4.74 Å². The normalized spacial score (nSPS) is 14.8. The van der Waals surface area contributed by atoms with Crippen molar-refractivity contribution in [1.82, 2.24) is 14.8 Å². The Bertz CT molecular complexity index is 919. The second-order valence-corrected chi connectivity index (χ2v) is 7.82. The van der Waals surface area contributed by atoms with Crippen LogP contribution in [0, 0.1) is 0 Å². The van der Waals surface area contributed by atoms with E-state index in [9.17, 15) is 4.79 Å². The van der Waals surface area contributed by atoms with E-state index in [-0.39, 0.29) is 5.91 Å². The first-order valence-corrected chi connectivity index (χ1v) is 10.2. The molecule has 0 atom stereocenters. The van der Waals surface area contributed by atoms with Gasteiger partial charge >= 0.3 is 0 Å². The number of hydrogen-bond acceptors (Lipinski definition) is 5. The molecule has 4 rings (SSSR count). The van der Waals surface area contributed by atoms with Gasteiger partial charge in [-0.05, 0) is 23.8 Å². The maximum atomic E-state index is 13.1. The minimum absolute atomic E-state index is 0.0570. The van der Waals surface area contributed by atoms with Crippen LogP contribution in [-0.2, 0) is 6.54 Å². The molecule has 6 heteroatoms. The van der Waals surface area contributed by atoms with Crippen LogP contribution >= 0.6 is 11.3 Å². The topological polar surface area (TPSA) is 45.7 Å². The molecule has 5 nitrogen and oxygen atoms in total. The van der Waals surface area contributed by atoms with E-state index in [1.807, 2.05) is 53.6 Å². The van der Waals surface area contributed by atoms with E-state index in [0.29, 0.717) is 23.7 Å². The zero-order chi connectivity index (χ0) is 19.3. The van der Waals surface area contributed by atoms with Crippen LogP contribution in [0.3, 0.4) is 0 Å². The molecule has 1 aliphatic rings. The van der Waals surface area contributed by atoms with Crippen LogP contribution in [0.4, 0.5) is 0 Å². The zero-order valence-electron chi connectivity index (χ0n) is 15.9. The molecule has 3 aromatic rings. The van der Waals surface area contributed by atoms with Crippen molar-refractivity contribution in [2.24, 2.45) is 0 Å². The van der Waals surface area contributed by atoms with Gasteiger partial charge in [0.1, 0.15) is 10.6 Å². The van der Waals surface area contributed by atoms with Crippen LogP contribution < -0.4 is 4.74 Å². The smallest absolute Gasteiger partial charge is 0.267 e.